The zero-order valence-electron chi connectivity index (χ0n) is 14.6. The predicted molar refractivity (Wildman–Crippen MR) is 96.3 cm³/mol. The van der Waals surface area contributed by atoms with Crippen molar-refractivity contribution in [2.75, 3.05) is 18.8 Å². The highest BCUT2D eigenvalue weighted by Gasteiger charge is 2.45. The quantitative estimate of drug-likeness (QED) is 0.839. The molecule has 0 heterocycles. The van der Waals surface area contributed by atoms with Crippen molar-refractivity contribution < 1.29 is 9.00 Å². The fourth-order valence-electron chi connectivity index (χ4n) is 2.74. The van der Waals surface area contributed by atoms with Crippen molar-refractivity contribution in [3.63, 3.8) is 0 Å². The summed E-state index contributed by atoms with van der Waals surface area (Å²) in [5.74, 6) is 0.486. The van der Waals surface area contributed by atoms with E-state index in [0.717, 1.165) is 12.8 Å². The van der Waals surface area contributed by atoms with E-state index >= 15 is 0 Å². The van der Waals surface area contributed by atoms with Gasteiger partial charge in [-0.15, -0.1) is 0 Å². The number of amides is 2. The second kappa shape index (κ2) is 7.04. The first-order chi connectivity index (χ1) is 10.7. The van der Waals surface area contributed by atoms with Crippen LogP contribution in [0.5, 0.6) is 0 Å². The number of rotatable bonds is 6. The van der Waals surface area contributed by atoms with Gasteiger partial charge in [0.25, 0.3) is 0 Å². The lowest BCUT2D eigenvalue weighted by atomic mass is 9.92. The van der Waals surface area contributed by atoms with Crippen LogP contribution in [0.1, 0.15) is 44.7 Å². The predicted octanol–water partition coefficient (Wildman–Crippen LogP) is 2.87. The molecule has 1 atom stereocenters. The van der Waals surface area contributed by atoms with Crippen molar-refractivity contribution in [2.45, 2.75) is 50.7 Å². The van der Waals surface area contributed by atoms with E-state index in [1.165, 1.54) is 11.1 Å². The molecule has 0 unspecified atom stereocenters. The van der Waals surface area contributed by atoms with Gasteiger partial charge < -0.3 is 10.6 Å². The Balaban J connectivity index is 1.77. The van der Waals surface area contributed by atoms with Crippen LogP contribution in [0, 0.1) is 6.92 Å². The largest absolute Gasteiger partial charge is 0.337 e. The first kappa shape index (κ1) is 18.0. The maximum atomic E-state index is 11.9. The zero-order chi connectivity index (χ0) is 17.1. The highest BCUT2D eigenvalue weighted by molar-refractivity contribution is 7.86. The Kier molecular flexibility index (Phi) is 5.50. The van der Waals surface area contributed by atoms with Crippen LogP contribution < -0.4 is 10.6 Å². The van der Waals surface area contributed by atoms with Crippen LogP contribution in [0.25, 0.3) is 0 Å². The lowest BCUT2D eigenvalue weighted by Gasteiger charge is -2.20. The summed E-state index contributed by atoms with van der Waals surface area (Å²) in [6.45, 7) is 9.06. The molecule has 1 saturated carbocycles. The molecule has 1 aliphatic rings. The van der Waals surface area contributed by atoms with E-state index in [2.05, 4.69) is 35.8 Å². The first-order valence-corrected chi connectivity index (χ1v) is 9.53. The Labute approximate surface area is 141 Å². The number of aryl methyl sites for hydroxylation is 1. The topological polar surface area (TPSA) is 58.2 Å². The maximum Gasteiger partial charge on any atom is 0.314 e. The number of urea groups is 1. The third-order valence-electron chi connectivity index (χ3n) is 4.41. The van der Waals surface area contributed by atoms with Crippen LogP contribution in [0.2, 0.25) is 0 Å². The van der Waals surface area contributed by atoms with E-state index in [1.54, 1.807) is 0 Å². The van der Waals surface area contributed by atoms with Crippen molar-refractivity contribution in [3.05, 3.63) is 35.4 Å². The summed E-state index contributed by atoms with van der Waals surface area (Å²) < 4.78 is 11.7. The van der Waals surface area contributed by atoms with Gasteiger partial charge >= 0.3 is 6.03 Å². The average Bonchev–Trinajstić information content (AvgIpc) is 3.25. The molecular formula is C18H28N2O2S. The van der Waals surface area contributed by atoms with Crippen LogP contribution in [-0.2, 0) is 16.2 Å². The van der Waals surface area contributed by atoms with Gasteiger partial charge in [0.05, 0.1) is 0 Å². The number of carbonyl (C=O) groups is 1. The number of hydrogen-bond acceptors (Lipinski definition) is 2. The maximum absolute atomic E-state index is 11.9. The molecule has 23 heavy (non-hydrogen) atoms. The highest BCUT2D eigenvalue weighted by Crippen LogP contribution is 2.48. The number of hydrogen-bond donors (Lipinski definition) is 2. The summed E-state index contributed by atoms with van der Waals surface area (Å²) in [5, 5.41) is 5.78. The van der Waals surface area contributed by atoms with Gasteiger partial charge in [-0.2, -0.15) is 0 Å². The van der Waals surface area contributed by atoms with E-state index in [-0.39, 0.29) is 16.2 Å². The lowest BCUT2D eigenvalue weighted by Crippen LogP contribution is -2.42. The molecule has 1 aromatic carbocycles. The fraction of sp³-hybridized carbons (Fsp3) is 0.611. The molecule has 128 valence electrons. The minimum Gasteiger partial charge on any atom is -0.337 e. The van der Waals surface area contributed by atoms with E-state index in [4.69, 9.17) is 0 Å². The highest BCUT2D eigenvalue weighted by atomic mass is 32.2. The smallest absolute Gasteiger partial charge is 0.314 e. The van der Waals surface area contributed by atoms with Crippen molar-refractivity contribution in [1.29, 1.82) is 0 Å². The van der Waals surface area contributed by atoms with E-state index in [0.29, 0.717) is 18.8 Å². The molecule has 2 amide bonds. The lowest BCUT2D eigenvalue weighted by molar-refractivity contribution is 0.240. The summed E-state index contributed by atoms with van der Waals surface area (Å²) in [7, 11) is -0.938. The van der Waals surface area contributed by atoms with Crippen LogP contribution in [0.3, 0.4) is 0 Å². The Morgan fingerprint density at radius 2 is 1.87 bits per heavy atom. The molecule has 1 fully saturated rings. The molecule has 1 aromatic rings. The molecule has 4 nitrogen and oxygen atoms in total. The van der Waals surface area contributed by atoms with Crippen LogP contribution in [-0.4, -0.2) is 33.8 Å². The van der Waals surface area contributed by atoms with Gasteiger partial charge in [0, 0.05) is 39.8 Å². The Hall–Kier alpha value is -1.36. The summed E-state index contributed by atoms with van der Waals surface area (Å²) in [6, 6.07) is 8.22. The number of benzene rings is 1. The molecule has 1 aliphatic carbocycles. The van der Waals surface area contributed by atoms with Crippen LogP contribution in [0.4, 0.5) is 4.79 Å². The third-order valence-corrected chi connectivity index (χ3v) is 6.35. The number of nitrogens with one attached hydrogen (secondary N) is 2. The van der Waals surface area contributed by atoms with Gasteiger partial charge in [-0.05, 0) is 51.7 Å². The molecule has 0 aromatic heterocycles. The minimum absolute atomic E-state index is 0.108. The Bertz CT molecular complexity index is 589. The first-order valence-electron chi connectivity index (χ1n) is 8.21. The Morgan fingerprint density at radius 3 is 2.43 bits per heavy atom. The van der Waals surface area contributed by atoms with Gasteiger partial charge in [0.1, 0.15) is 0 Å². The molecule has 0 radical (unpaired) electrons. The molecule has 2 rings (SSSR count). The number of carbonyl (C=O) groups excluding carboxylic acids is 1. The van der Waals surface area contributed by atoms with Crippen molar-refractivity contribution in [2.24, 2.45) is 0 Å². The SMILES string of the molecule is Cc1ccccc1C1(CNC(=O)NCC[S@@](=O)C(C)(C)C)CC1. The molecule has 0 spiro atoms. The van der Waals surface area contributed by atoms with E-state index in [9.17, 15) is 9.00 Å². The standard InChI is InChI=1S/C18H28N2O2S/c1-14-7-5-6-8-15(14)18(9-10-18)13-20-16(21)19-11-12-23(22)17(2,3)4/h5-8H,9-13H2,1-4H3,(H2,19,20,21)/t23-/m1/s1. The molecular weight excluding hydrogens is 308 g/mol. The molecule has 5 heteroatoms. The Morgan fingerprint density at radius 1 is 1.22 bits per heavy atom. The van der Waals surface area contributed by atoms with Crippen molar-refractivity contribution in [1.82, 2.24) is 10.6 Å². The second-order valence-corrected chi connectivity index (χ2v) is 9.69. The van der Waals surface area contributed by atoms with E-state index in [1.807, 2.05) is 26.8 Å². The zero-order valence-corrected chi connectivity index (χ0v) is 15.4. The monoisotopic (exact) mass is 336 g/mol. The van der Waals surface area contributed by atoms with Crippen molar-refractivity contribution in [3.8, 4) is 0 Å². The van der Waals surface area contributed by atoms with Gasteiger partial charge in [0.15, 0.2) is 0 Å². The summed E-state index contributed by atoms with van der Waals surface area (Å²) in [6.07, 6.45) is 2.23. The van der Waals surface area contributed by atoms with Gasteiger partial charge in [-0.1, -0.05) is 24.3 Å². The van der Waals surface area contributed by atoms with Gasteiger partial charge in [0.2, 0.25) is 0 Å². The molecule has 2 N–H and O–H groups in total. The molecule has 0 bridgehead atoms. The molecule has 0 saturated heterocycles. The van der Waals surface area contributed by atoms with Crippen LogP contribution >= 0.6 is 0 Å². The second-order valence-electron chi connectivity index (χ2n) is 7.37. The van der Waals surface area contributed by atoms with Crippen molar-refractivity contribution >= 4 is 16.8 Å². The fourth-order valence-corrected chi connectivity index (χ4v) is 3.64. The third kappa shape index (κ3) is 4.80. The summed E-state index contributed by atoms with van der Waals surface area (Å²) in [4.78, 5) is 11.9. The molecule has 0 aliphatic heterocycles. The van der Waals surface area contributed by atoms with Gasteiger partial charge in [-0.25, -0.2) is 4.79 Å². The average molecular weight is 337 g/mol. The van der Waals surface area contributed by atoms with E-state index < -0.39 is 10.8 Å². The summed E-state index contributed by atoms with van der Waals surface area (Å²) in [5.41, 5.74) is 2.73. The summed E-state index contributed by atoms with van der Waals surface area (Å²) >= 11 is 0. The minimum atomic E-state index is -0.938. The van der Waals surface area contributed by atoms with Gasteiger partial charge in [-0.3, -0.25) is 4.21 Å². The normalized spacial score (nSPS) is 17.4. The van der Waals surface area contributed by atoms with Crippen LogP contribution in [0.15, 0.2) is 24.3 Å².